The highest BCUT2D eigenvalue weighted by molar-refractivity contribution is 5.13. The Labute approximate surface area is 69.4 Å². The number of hydrogen-bond donors (Lipinski definition) is 0. The van der Waals surface area contributed by atoms with Crippen LogP contribution in [0, 0.1) is 0 Å². The second kappa shape index (κ2) is 3.12. The van der Waals surface area contributed by atoms with E-state index in [1.807, 2.05) is 0 Å². The lowest BCUT2D eigenvalue weighted by Crippen LogP contribution is -2.26. The minimum atomic E-state index is 0.553. The lowest BCUT2D eigenvalue weighted by Gasteiger charge is -2.31. The zero-order valence-corrected chi connectivity index (χ0v) is 7.72. The highest BCUT2D eigenvalue weighted by Crippen LogP contribution is 2.23. The SMILES string of the molecule is C=C1CCC(C)=CN1C(C)C. The van der Waals surface area contributed by atoms with Crippen molar-refractivity contribution in [2.24, 2.45) is 0 Å². The van der Waals surface area contributed by atoms with E-state index < -0.39 is 0 Å². The molecule has 0 aliphatic carbocycles. The van der Waals surface area contributed by atoms with Crippen LogP contribution < -0.4 is 0 Å². The Morgan fingerprint density at radius 2 is 2.09 bits per heavy atom. The van der Waals surface area contributed by atoms with Crippen LogP contribution in [-0.2, 0) is 0 Å². The van der Waals surface area contributed by atoms with Crippen molar-refractivity contribution in [3.63, 3.8) is 0 Å². The zero-order valence-electron chi connectivity index (χ0n) is 7.72. The van der Waals surface area contributed by atoms with Crippen LogP contribution in [-0.4, -0.2) is 10.9 Å². The first-order chi connectivity index (χ1) is 5.11. The van der Waals surface area contributed by atoms with E-state index >= 15 is 0 Å². The zero-order chi connectivity index (χ0) is 8.43. The molecule has 1 nitrogen and oxygen atoms in total. The van der Waals surface area contributed by atoms with Gasteiger partial charge in [-0.1, -0.05) is 12.2 Å². The molecule has 0 radical (unpaired) electrons. The van der Waals surface area contributed by atoms with Gasteiger partial charge in [0.1, 0.15) is 0 Å². The van der Waals surface area contributed by atoms with Crippen molar-refractivity contribution < 1.29 is 0 Å². The van der Waals surface area contributed by atoms with Gasteiger partial charge >= 0.3 is 0 Å². The van der Waals surface area contributed by atoms with Crippen LogP contribution in [0.15, 0.2) is 24.0 Å². The van der Waals surface area contributed by atoms with Gasteiger partial charge in [0, 0.05) is 17.9 Å². The smallest absolute Gasteiger partial charge is 0.0276 e. The second-order valence-corrected chi connectivity index (χ2v) is 3.54. The second-order valence-electron chi connectivity index (χ2n) is 3.54. The summed E-state index contributed by atoms with van der Waals surface area (Å²) in [5, 5.41) is 0. The maximum Gasteiger partial charge on any atom is 0.0276 e. The maximum absolute atomic E-state index is 4.03. The first-order valence-electron chi connectivity index (χ1n) is 4.24. The molecule has 0 atom stereocenters. The molecular weight excluding hydrogens is 134 g/mol. The van der Waals surface area contributed by atoms with Crippen molar-refractivity contribution in [1.82, 2.24) is 4.90 Å². The van der Waals surface area contributed by atoms with E-state index in [1.54, 1.807) is 0 Å². The normalized spacial score (nSPS) is 19.1. The molecular formula is C10H17N. The number of allylic oxidation sites excluding steroid dienone is 2. The molecule has 0 unspecified atom stereocenters. The predicted molar refractivity (Wildman–Crippen MR) is 49.1 cm³/mol. The van der Waals surface area contributed by atoms with Gasteiger partial charge in [0.05, 0.1) is 0 Å². The predicted octanol–water partition coefficient (Wildman–Crippen LogP) is 2.91. The number of hydrogen-bond acceptors (Lipinski definition) is 1. The molecule has 1 heterocycles. The molecule has 1 aliphatic rings. The molecule has 0 saturated carbocycles. The Morgan fingerprint density at radius 3 is 2.55 bits per heavy atom. The lowest BCUT2D eigenvalue weighted by atomic mass is 10.1. The standard InChI is InChI=1S/C10H17N/c1-8(2)11-7-9(3)5-6-10(11)4/h7-8H,4-6H2,1-3H3. The van der Waals surface area contributed by atoms with Crippen LogP contribution in [0.5, 0.6) is 0 Å². The van der Waals surface area contributed by atoms with Gasteiger partial charge in [-0.3, -0.25) is 0 Å². The molecule has 0 bridgehead atoms. The van der Waals surface area contributed by atoms with Gasteiger partial charge in [-0.15, -0.1) is 0 Å². The first-order valence-corrected chi connectivity index (χ1v) is 4.24. The minimum absolute atomic E-state index is 0.553. The van der Waals surface area contributed by atoms with Crippen LogP contribution >= 0.6 is 0 Å². The Hall–Kier alpha value is -0.720. The van der Waals surface area contributed by atoms with Crippen molar-refractivity contribution in [2.45, 2.75) is 39.7 Å². The summed E-state index contributed by atoms with van der Waals surface area (Å²) in [6, 6.07) is 0.553. The molecule has 0 saturated heterocycles. The molecule has 0 aromatic rings. The summed E-state index contributed by atoms with van der Waals surface area (Å²) >= 11 is 0. The summed E-state index contributed by atoms with van der Waals surface area (Å²) in [6.07, 6.45) is 4.53. The average molecular weight is 151 g/mol. The van der Waals surface area contributed by atoms with Crippen molar-refractivity contribution in [1.29, 1.82) is 0 Å². The summed E-state index contributed by atoms with van der Waals surface area (Å²) in [6.45, 7) is 10.6. The third kappa shape index (κ3) is 1.86. The molecule has 0 N–H and O–H groups in total. The Kier molecular flexibility index (Phi) is 2.38. The molecule has 1 rings (SSSR count). The Balaban J connectivity index is 2.75. The maximum atomic E-state index is 4.03. The van der Waals surface area contributed by atoms with Gasteiger partial charge in [0.2, 0.25) is 0 Å². The molecule has 0 aromatic carbocycles. The van der Waals surface area contributed by atoms with E-state index in [0.717, 1.165) is 6.42 Å². The molecule has 11 heavy (non-hydrogen) atoms. The molecule has 1 aliphatic heterocycles. The van der Waals surface area contributed by atoms with Crippen LogP contribution in [0.3, 0.4) is 0 Å². The fourth-order valence-electron chi connectivity index (χ4n) is 1.38. The van der Waals surface area contributed by atoms with E-state index in [9.17, 15) is 0 Å². The Bertz CT molecular complexity index is 189. The summed E-state index contributed by atoms with van der Waals surface area (Å²) in [7, 11) is 0. The highest BCUT2D eigenvalue weighted by Gasteiger charge is 2.13. The van der Waals surface area contributed by atoms with Gasteiger partial charge in [-0.05, 0) is 33.6 Å². The summed E-state index contributed by atoms with van der Waals surface area (Å²) < 4.78 is 0. The minimum Gasteiger partial charge on any atom is -0.350 e. The highest BCUT2D eigenvalue weighted by atomic mass is 15.1. The molecule has 0 aromatic heterocycles. The van der Waals surface area contributed by atoms with Crippen LogP contribution in [0.1, 0.15) is 33.6 Å². The fraction of sp³-hybridized carbons (Fsp3) is 0.600. The van der Waals surface area contributed by atoms with Crippen LogP contribution in [0.25, 0.3) is 0 Å². The third-order valence-electron chi connectivity index (χ3n) is 2.09. The monoisotopic (exact) mass is 151 g/mol. The van der Waals surface area contributed by atoms with Gasteiger partial charge in [-0.2, -0.15) is 0 Å². The Morgan fingerprint density at radius 1 is 1.45 bits per heavy atom. The molecule has 1 heteroatoms. The summed E-state index contributed by atoms with van der Waals surface area (Å²) in [5.74, 6) is 0. The summed E-state index contributed by atoms with van der Waals surface area (Å²) in [5.41, 5.74) is 2.72. The summed E-state index contributed by atoms with van der Waals surface area (Å²) in [4.78, 5) is 2.26. The van der Waals surface area contributed by atoms with Gasteiger partial charge in [-0.25, -0.2) is 0 Å². The van der Waals surface area contributed by atoms with Crippen molar-refractivity contribution in [3.05, 3.63) is 24.0 Å². The molecule has 0 spiro atoms. The fourth-order valence-corrected chi connectivity index (χ4v) is 1.38. The van der Waals surface area contributed by atoms with E-state index in [4.69, 9.17) is 0 Å². The van der Waals surface area contributed by atoms with E-state index in [2.05, 4.69) is 38.5 Å². The van der Waals surface area contributed by atoms with Gasteiger partial charge in [0.15, 0.2) is 0 Å². The molecule has 0 fully saturated rings. The molecule has 0 amide bonds. The van der Waals surface area contributed by atoms with E-state index in [1.165, 1.54) is 17.7 Å². The van der Waals surface area contributed by atoms with Crippen LogP contribution in [0.4, 0.5) is 0 Å². The molecule has 62 valence electrons. The topological polar surface area (TPSA) is 3.24 Å². The number of nitrogens with zero attached hydrogens (tertiary/aromatic N) is 1. The number of rotatable bonds is 1. The largest absolute Gasteiger partial charge is 0.350 e. The van der Waals surface area contributed by atoms with E-state index in [-0.39, 0.29) is 0 Å². The van der Waals surface area contributed by atoms with Gasteiger partial charge in [0.25, 0.3) is 0 Å². The van der Waals surface area contributed by atoms with Crippen LogP contribution in [0.2, 0.25) is 0 Å². The van der Waals surface area contributed by atoms with Crippen molar-refractivity contribution in [3.8, 4) is 0 Å². The van der Waals surface area contributed by atoms with Gasteiger partial charge < -0.3 is 4.90 Å². The van der Waals surface area contributed by atoms with E-state index in [0.29, 0.717) is 6.04 Å². The first kappa shape index (κ1) is 8.38. The third-order valence-corrected chi connectivity index (χ3v) is 2.09. The quantitative estimate of drug-likeness (QED) is 0.557. The average Bonchev–Trinajstić information content (AvgIpc) is 1.94. The van der Waals surface area contributed by atoms with Crippen molar-refractivity contribution in [2.75, 3.05) is 0 Å². The lowest BCUT2D eigenvalue weighted by molar-refractivity contribution is 0.356. The van der Waals surface area contributed by atoms with Crippen molar-refractivity contribution >= 4 is 0 Å².